The van der Waals surface area contributed by atoms with Gasteiger partial charge in [0.15, 0.2) is 5.78 Å². The Morgan fingerprint density at radius 3 is 2.67 bits per heavy atom. The van der Waals surface area contributed by atoms with Gasteiger partial charge in [0, 0.05) is 30.3 Å². The van der Waals surface area contributed by atoms with Gasteiger partial charge in [-0.25, -0.2) is 4.79 Å². The molecule has 0 bridgehead atoms. The molecular weight excluding hydrogens is 306 g/mol. The number of rotatable bonds is 4. The summed E-state index contributed by atoms with van der Waals surface area (Å²) in [6.07, 6.45) is 4.86. The van der Waals surface area contributed by atoms with E-state index in [9.17, 15) is 14.4 Å². The molecule has 1 unspecified atom stereocenters. The number of Topliss-reactive ketones (excluding diaryl/α,β-unsaturated/α-hetero) is 1. The zero-order valence-electron chi connectivity index (χ0n) is 13.9. The highest BCUT2D eigenvalue weighted by atomic mass is 16.2. The Bertz CT molecular complexity index is 653. The summed E-state index contributed by atoms with van der Waals surface area (Å²) in [5.41, 5.74) is 1.12. The first-order valence-electron chi connectivity index (χ1n) is 8.51. The number of nitrogens with zero attached hydrogens (tertiary/aromatic N) is 1. The number of carbonyl (C=O) groups excluding carboxylic acids is 3. The molecule has 1 atom stereocenters. The Kier molecular flexibility index (Phi) is 4.83. The van der Waals surface area contributed by atoms with Crippen molar-refractivity contribution < 1.29 is 14.4 Å². The van der Waals surface area contributed by atoms with Crippen molar-refractivity contribution in [3.8, 4) is 0 Å². The van der Waals surface area contributed by atoms with Gasteiger partial charge in [0.05, 0.1) is 6.04 Å². The van der Waals surface area contributed by atoms with Crippen molar-refractivity contribution >= 4 is 23.4 Å². The number of carbonyl (C=O) groups is 3. The molecule has 6 heteroatoms. The molecule has 1 heterocycles. The van der Waals surface area contributed by atoms with E-state index in [1.165, 1.54) is 19.8 Å². The summed E-state index contributed by atoms with van der Waals surface area (Å²) < 4.78 is 0. The summed E-state index contributed by atoms with van der Waals surface area (Å²) in [4.78, 5) is 37.6. The van der Waals surface area contributed by atoms with E-state index < -0.39 is 0 Å². The monoisotopic (exact) mass is 329 g/mol. The zero-order valence-corrected chi connectivity index (χ0v) is 13.9. The third-order valence-corrected chi connectivity index (χ3v) is 4.79. The minimum atomic E-state index is -0.346. The Hall–Kier alpha value is -2.37. The van der Waals surface area contributed by atoms with Gasteiger partial charge in [-0.15, -0.1) is 0 Å². The lowest BCUT2D eigenvalue weighted by Crippen LogP contribution is -2.41. The second kappa shape index (κ2) is 7.03. The number of ketones is 1. The van der Waals surface area contributed by atoms with E-state index in [2.05, 4.69) is 10.6 Å². The molecule has 3 amide bonds. The number of nitrogens with one attached hydrogen (secondary N) is 2. The highest BCUT2D eigenvalue weighted by Gasteiger charge is 2.36. The smallest absolute Gasteiger partial charge is 0.319 e. The molecule has 0 radical (unpaired) electrons. The third-order valence-electron chi connectivity index (χ3n) is 4.79. The molecule has 2 aliphatic rings. The maximum Gasteiger partial charge on any atom is 0.319 e. The summed E-state index contributed by atoms with van der Waals surface area (Å²) >= 11 is 0. The summed E-state index contributed by atoms with van der Waals surface area (Å²) in [6.45, 7) is 2.07. The molecule has 1 aliphatic heterocycles. The normalized spacial score (nSPS) is 21.1. The number of amides is 3. The van der Waals surface area contributed by atoms with Crippen molar-refractivity contribution in [3.05, 3.63) is 29.8 Å². The van der Waals surface area contributed by atoms with Crippen molar-refractivity contribution in [2.75, 3.05) is 11.9 Å². The molecule has 1 aliphatic carbocycles. The SMILES string of the molecule is CC(=O)c1cccc(NC(=O)NC2CC(=O)N(C3CCCC3)C2)c1. The first-order valence-corrected chi connectivity index (χ1v) is 8.51. The molecular formula is C18H23N3O3. The van der Waals surface area contributed by atoms with Gasteiger partial charge in [-0.2, -0.15) is 0 Å². The van der Waals surface area contributed by atoms with Gasteiger partial charge in [-0.1, -0.05) is 25.0 Å². The van der Waals surface area contributed by atoms with Crippen molar-refractivity contribution in [2.24, 2.45) is 0 Å². The van der Waals surface area contributed by atoms with E-state index >= 15 is 0 Å². The highest BCUT2D eigenvalue weighted by Crippen LogP contribution is 2.27. The maximum atomic E-state index is 12.1. The Morgan fingerprint density at radius 1 is 1.21 bits per heavy atom. The first-order chi connectivity index (χ1) is 11.5. The van der Waals surface area contributed by atoms with Crippen molar-refractivity contribution in [3.63, 3.8) is 0 Å². The van der Waals surface area contributed by atoms with Crippen LogP contribution in [-0.4, -0.2) is 41.2 Å². The molecule has 0 spiro atoms. The molecule has 1 saturated heterocycles. The number of urea groups is 1. The average Bonchev–Trinajstić information content (AvgIpc) is 3.17. The average molecular weight is 329 g/mol. The van der Waals surface area contributed by atoms with Crippen molar-refractivity contribution in [1.82, 2.24) is 10.2 Å². The van der Waals surface area contributed by atoms with Crippen LogP contribution in [0.5, 0.6) is 0 Å². The van der Waals surface area contributed by atoms with Crippen LogP contribution >= 0.6 is 0 Å². The van der Waals surface area contributed by atoms with Crippen LogP contribution in [0, 0.1) is 0 Å². The van der Waals surface area contributed by atoms with Crippen LogP contribution in [0.1, 0.15) is 49.4 Å². The van der Waals surface area contributed by atoms with Crippen molar-refractivity contribution in [1.29, 1.82) is 0 Å². The number of hydrogen-bond acceptors (Lipinski definition) is 3. The summed E-state index contributed by atoms with van der Waals surface area (Å²) in [7, 11) is 0. The molecule has 1 saturated carbocycles. The maximum absolute atomic E-state index is 12.1. The van der Waals surface area contributed by atoms with Crippen LogP contribution in [0.25, 0.3) is 0 Å². The van der Waals surface area contributed by atoms with Crippen LogP contribution in [-0.2, 0) is 4.79 Å². The van der Waals surface area contributed by atoms with E-state index in [0.29, 0.717) is 30.3 Å². The number of likely N-dealkylation sites (tertiary alicyclic amines) is 1. The molecule has 3 rings (SSSR count). The minimum absolute atomic E-state index is 0.0485. The number of hydrogen-bond donors (Lipinski definition) is 2. The lowest BCUT2D eigenvalue weighted by Gasteiger charge is -2.24. The number of benzene rings is 1. The number of anilines is 1. The summed E-state index contributed by atoms with van der Waals surface area (Å²) in [5.74, 6) is 0.0819. The van der Waals surface area contributed by atoms with Crippen LogP contribution in [0.15, 0.2) is 24.3 Å². The Balaban J connectivity index is 1.54. The van der Waals surface area contributed by atoms with E-state index in [1.807, 2.05) is 4.90 Å². The quantitative estimate of drug-likeness (QED) is 0.833. The van der Waals surface area contributed by atoms with Gasteiger partial charge < -0.3 is 15.5 Å². The van der Waals surface area contributed by atoms with E-state index in [4.69, 9.17) is 0 Å². The van der Waals surface area contributed by atoms with Crippen LogP contribution in [0.2, 0.25) is 0 Å². The fourth-order valence-corrected chi connectivity index (χ4v) is 3.57. The van der Waals surface area contributed by atoms with Gasteiger partial charge in [0.1, 0.15) is 0 Å². The van der Waals surface area contributed by atoms with Gasteiger partial charge in [-0.3, -0.25) is 9.59 Å². The Labute approximate surface area is 141 Å². The Morgan fingerprint density at radius 2 is 1.96 bits per heavy atom. The topological polar surface area (TPSA) is 78.5 Å². The van der Waals surface area contributed by atoms with Crippen LogP contribution in [0.4, 0.5) is 10.5 Å². The molecule has 24 heavy (non-hydrogen) atoms. The standard InChI is InChI=1S/C18H23N3O3/c1-12(22)13-5-4-6-14(9-13)19-18(24)20-15-10-17(23)21(11-15)16-7-2-3-8-16/h4-6,9,15-16H,2-3,7-8,10-11H2,1H3,(H2,19,20,24). The molecule has 2 fully saturated rings. The van der Waals surface area contributed by atoms with Crippen LogP contribution in [0.3, 0.4) is 0 Å². The van der Waals surface area contributed by atoms with E-state index in [0.717, 1.165) is 12.8 Å². The van der Waals surface area contributed by atoms with E-state index in [1.54, 1.807) is 24.3 Å². The minimum Gasteiger partial charge on any atom is -0.338 e. The fourth-order valence-electron chi connectivity index (χ4n) is 3.57. The van der Waals surface area contributed by atoms with Gasteiger partial charge in [-0.05, 0) is 31.9 Å². The molecule has 6 nitrogen and oxygen atoms in total. The van der Waals surface area contributed by atoms with Gasteiger partial charge in [0.2, 0.25) is 5.91 Å². The summed E-state index contributed by atoms with van der Waals surface area (Å²) in [6, 6.07) is 6.66. The largest absolute Gasteiger partial charge is 0.338 e. The molecule has 128 valence electrons. The fraction of sp³-hybridized carbons (Fsp3) is 0.500. The van der Waals surface area contributed by atoms with Gasteiger partial charge in [0.25, 0.3) is 0 Å². The first kappa shape index (κ1) is 16.5. The summed E-state index contributed by atoms with van der Waals surface area (Å²) in [5, 5.41) is 5.59. The van der Waals surface area contributed by atoms with E-state index in [-0.39, 0.29) is 23.8 Å². The predicted molar refractivity (Wildman–Crippen MR) is 91.0 cm³/mol. The predicted octanol–water partition coefficient (Wildman–Crippen LogP) is 2.55. The lowest BCUT2D eigenvalue weighted by atomic mass is 10.1. The highest BCUT2D eigenvalue weighted by molar-refractivity contribution is 5.97. The van der Waals surface area contributed by atoms with Crippen LogP contribution < -0.4 is 10.6 Å². The molecule has 1 aromatic rings. The third kappa shape index (κ3) is 3.75. The van der Waals surface area contributed by atoms with Gasteiger partial charge >= 0.3 is 6.03 Å². The lowest BCUT2D eigenvalue weighted by molar-refractivity contribution is -0.129. The second-order valence-electron chi connectivity index (χ2n) is 6.62. The zero-order chi connectivity index (χ0) is 17.1. The second-order valence-corrected chi connectivity index (χ2v) is 6.62. The molecule has 1 aromatic carbocycles. The molecule has 0 aromatic heterocycles. The molecule has 2 N–H and O–H groups in total. The van der Waals surface area contributed by atoms with Crippen molar-refractivity contribution in [2.45, 2.75) is 51.1 Å².